The molecule has 3 nitrogen and oxygen atoms in total. The molecular formula is C9H15NO2S. The largest absolute Gasteiger partial charge is 0.494 e. The maximum Gasteiger partial charge on any atom is 0.207 e. The number of thioether (sulfide) groups is 1. The molecule has 0 radical (unpaired) electrons. The molecule has 1 rings (SSSR count). The van der Waals surface area contributed by atoms with Crippen molar-refractivity contribution in [2.24, 2.45) is 0 Å². The van der Waals surface area contributed by atoms with Crippen molar-refractivity contribution in [3.05, 3.63) is 6.07 Å². The van der Waals surface area contributed by atoms with E-state index in [1.807, 2.05) is 6.92 Å². The Kier molecular flexibility index (Phi) is 3.54. The van der Waals surface area contributed by atoms with Crippen LogP contribution in [0.25, 0.3) is 0 Å². The highest BCUT2D eigenvalue weighted by Gasteiger charge is 2.11. The maximum absolute atomic E-state index is 9.62. The lowest BCUT2D eigenvalue weighted by Crippen LogP contribution is -1.91. The Labute approximate surface area is 82.4 Å². The summed E-state index contributed by atoms with van der Waals surface area (Å²) in [5.74, 6) is 1.28. The van der Waals surface area contributed by atoms with Gasteiger partial charge >= 0.3 is 0 Å². The van der Waals surface area contributed by atoms with E-state index in [1.165, 1.54) is 4.57 Å². The molecule has 4 heteroatoms. The van der Waals surface area contributed by atoms with Crippen LogP contribution in [0.1, 0.15) is 20.3 Å². The van der Waals surface area contributed by atoms with Gasteiger partial charge in [-0.05, 0) is 19.1 Å². The molecule has 0 aliphatic heterocycles. The lowest BCUT2D eigenvalue weighted by Gasteiger charge is -2.02. The fraction of sp³-hybridized carbons (Fsp3) is 0.556. The summed E-state index contributed by atoms with van der Waals surface area (Å²) in [5.41, 5.74) is 0. The Hall–Kier alpha value is -0.770. The second-order valence-corrected chi connectivity index (χ2v) is 3.92. The van der Waals surface area contributed by atoms with Crippen LogP contribution in [0.3, 0.4) is 0 Å². The van der Waals surface area contributed by atoms with Crippen molar-refractivity contribution < 1.29 is 10.2 Å². The minimum atomic E-state index is 0.138. The summed E-state index contributed by atoms with van der Waals surface area (Å²) in [7, 11) is 0. The summed E-state index contributed by atoms with van der Waals surface area (Å²) in [4.78, 5) is 0.765. The zero-order chi connectivity index (χ0) is 9.84. The number of aromatic hydroxyl groups is 2. The van der Waals surface area contributed by atoms with E-state index in [0.717, 1.165) is 17.1 Å². The highest BCUT2D eigenvalue weighted by molar-refractivity contribution is 7.99. The predicted octanol–water partition coefficient (Wildman–Crippen LogP) is 2.42. The van der Waals surface area contributed by atoms with Crippen molar-refractivity contribution in [2.45, 2.75) is 31.7 Å². The molecule has 0 aliphatic rings. The average Bonchev–Trinajstić information content (AvgIpc) is 2.38. The van der Waals surface area contributed by atoms with E-state index in [1.54, 1.807) is 17.8 Å². The number of nitrogens with zero attached hydrogens (tertiary/aromatic N) is 1. The average molecular weight is 201 g/mol. The Morgan fingerprint density at radius 3 is 2.54 bits per heavy atom. The van der Waals surface area contributed by atoms with Gasteiger partial charge in [-0.2, -0.15) is 0 Å². The summed E-state index contributed by atoms with van der Waals surface area (Å²) >= 11 is 1.57. The Morgan fingerprint density at radius 2 is 2.08 bits per heavy atom. The summed E-state index contributed by atoms with van der Waals surface area (Å²) < 4.78 is 1.48. The van der Waals surface area contributed by atoms with Crippen LogP contribution in [0.15, 0.2) is 11.0 Å². The Bertz CT molecular complexity index is 283. The van der Waals surface area contributed by atoms with Gasteiger partial charge in [-0.1, -0.05) is 6.92 Å². The topological polar surface area (TPSA) is 45.4 Å². The van der Waals surface area contributed by atoms with Crippen LogP contribution in [-0.2, 0) is 6.54 Å². The fourth-order valence-corrected chi connectivity index (χ4v) is 1.98. The van der Waals surface area contributed by atoms with Gasteiger partial charge in [0, 0.05) is 12.6 Å². The minimum absolute atomic E-state index is 0.138. The smallest absolute Gasteiger partial charge is 0.207 e. The van der Waals surface area contributed by atoms with Crippen LogP contribution in [0.2, 0.25) is 0 Å². The monoisotopic (exact) mass is 201 g/mol. The van der Waals surface area contributed by atoms with E-state index >= 15 is 0 Å². The van der Waals surface area contributed by atoms with Gasteiger partial charge in [0.05, 0.1) is 4.90 Å². The van der Waals surface area contributed by atoms with Gasteiger partial charge in [-0.15, -0.1) is 11.8 Å². The van der Waals surface area contributed by atoms with Crippen LogP contribution < -0.4 is 0 Å². The quantitative estimate of drug-likeness (QED) is 0.735. The van der Waals surface area contributed by atoms with Crippen molar-refractivity contribution in [3.8, 4) is 11.8 Å². The third kappa shape index (κ3) is 2.12. The predicted molar refractivity (Wildman–Crippen MR) is 54.5 cm³/mol. The third-order valence-electron chi connectivity index (χ3n) is 1.79. The van der Waals surface area contributed by atoms with E-state index in [0.29, 0.717) is 6.54 Å². The van der Waals surface area contributed by atoms with Crippen molar-refractivity contribution in [1.29, 1.82) is 0 Å². The number of hydrogen-bond donors (Lipinski definition) is 2. The van der Waals surface area contributed by atoms with Crippen LogP contribution in [0.5, 0.6) is 11.8 Å². The first kappa shape index (κ1) is 10.3. The normalized spacial score (nSPS) is 10.6. The molecule has 0 unspecified atom stereocenters. The first-order valence-electron chi connectivity index (χ1n) is 4.45. The number of aromatic nitrogens is 1. The summed E-state index contributed by atoms with van der Waals surface area (Å²) in [6.45, 7) is 4.55. The minimum Gasteiger partial charge on any atom is -0.494 e. The van der Waals surface area contributed by atoms with Gasteiger partial charge < -0.3 is 10.2 Å². The van der Waals surface area contributed by atoms with E-state index in [2.05, 4.69) is 6.92 Å². The molecule has 1 heterocycles. The van der Waals surface area contributed by atoms with Gasteiger partial charge in [0.15, 0.2) is 5.88 Å². The molecule has 1 aromatic heterocycles. The van der Waals surface area contributed by atoms with Gasteiger partial charge in [-0.3, -0.25) is 4.57 Å². The SMILES string of the molecule is CCCSc1cc(O)n(CC)c1O. The zero-order valence-corrected chi connectivity index (χ0v) is 8.77. The van der Waals surface area contributed by atoms with Crippen LogP contribution in [0, 0.1) is 0 Å². The van der Waals surface area contributed by atoms with Crippen LogP contribution in [0.4, 0.5) is 0 Å². The van der Waals surface area contributed by atoms with Crippen molar-refractivity contribution in [3.63, 3.8) is 0 Å². The maximum atomic E-state index is 9.62. The molecule has 0 bridgehead atoms. The molecule has 0 aliphatic carbocycles. The van der Waals surface area contributed by atoms with E-state index in [9.17, 15) is 10.2 Å². The lowest BCUT2D eigenvalue weighted by molar-refractivity contribution is 0.369. The van der Waals surface area contributed by atoms with Gasteiger partial charge in [0.2, 0.25) is 5.88 Å². The van der Waals surface area contributed by atoms with Crippen LogP contribution >= 0.6 is 11.8 Å². The second-order valence-electron chi connectivity index (χ2n) is 2.78. The molecule has 1 aromatic rings. The fourth-order valence-electron chi connectivity index (χ4n) is 1.13. The highest BCUT2D eigenvalue weighted by atomic mass is 32.2. The molecular weight excluding hydrogens is 186 g/mol. The summed E-state index contributed by atoms with van der Waals surface area (Å²) in [6, 6.07) is 1.61. The van der Waals surface area contributed by atoms with Crippen molar-refractivity contribution in [2.75, 3.05) is 5.75 Å². The molecule has 74 valence electrons. The van der Waals surface area contributed by atoms with E-state index in [-0.39, 0.29) is 11.8 Å². The highest BCUT2D eigenvalue weighted by Crippen LogP contribution is 2.35. The van der Waals surface area contributed by atoms with E-state index < -0.39 is 0 Å². The number of rotatable bonds is 4. The molecule has 0 spiro atoms. The summed E-state index contributed by atoms with van der Waals surface area (Å²) in [5, 5.41) is 19.0. The van der Waals surface area contributed by atoms with Crippen molar-refractivity contribution in [1.82, 2.24) is 4.57 Å². The molecule has 0 atom stereocenters. The number of hydrogen-bond acceptors (Lipinski definition) is 3. The van der Waals surface area contributed by atoms with Crippen molar-refractivity contribution >= 4 is 11.8 Å². The molecule has 2 N–H and O–H groups in total. The first-order valence-corrected chi connectivity index (χ1v) is 5.43. The standard InChI is InChI=1S/C9H15NO2S/c1-3-5-13-7-6-8(11)10(4-2)9(7)12/h6,11-12H,3-5H2,1-2H3. The van der Waals surface area contributed by atoms with Gasteiger partial charge in [0.25, 0.3) is 0 Å². The molecule has 13 heavy (non-hydrogen) atoms. The Balaban J connectivity index is 2.83. The first-order chi connectivity index (χ1) is 6.20. The van der Waals surface area contributed by atoms with Crippen LogP contribution in [-0.4, -0.2) is 20.5 Å². The molecule has 0 aromatic carbocycles. The third-order valence-corrected chi connectivity index (χ3v) is 3.01. The Morgan fingerprint density at radius 1 is 1.38 bits per heavy atom. The summed E-state index contributed by atoms with van der Waals surface area (Å²) in [6.07, 6.45) is 1.06. The lowest BCUT2D eigenvalue weighted by atomic mass is 10.6. The van der Waals surface area contributed by atoms with E-state index in [4.69, 9.17) is 0 Å². The van der Waals surface area contributed by atoms with Gasteiger partial charge in [-0.25, -0.2) is 0 Å². The molecule has 0 saturated carbocycles. The molecule has 0 fully saturated rings. The zero-order valence-electron chi connectivity index (χ0n) is 7.95. The molecule has 0 amide bonds. The van der Waals surface area contributed by atoms with Gasteiger partial charge in [0.1, 0.15) is 0 Å². The molecule has 0 saturated heterocycles. The second kappa shape index (κ2) is 4.46.